The van der Waals surface area contributed by atoms with Gasteiger partial charge in [0.1, 0.15) is 17.4 Å². The van der Waals surface area contributed by atoms with Crippen LogP contribution < -0.4 is 4.74 Å². The summed E-state index contributed by atoms with van der Waals surface area (Å²) < 4.78 is 39.6. The number of nitrogens with zero attached hydrogens (tertiary/aromatic N) is 1. The van der Waals surface area contributed by atoms with Gasteiger partial charge in [-0.3, -0.25) is 4.79 Å². The molecule has 0 saturated heterocycles. The molecule has 2 aromatic rings. The zero-order valence-electron chi connectivity index (χ0n) is 19.4. The topological polar surface area (TPSA) is 72.9 Å². The molecule has 0 aromatic heterocycles. The van der Waals surface area contributed by atoms with E-state index >= 15 is 0 Å². The highest BCUT2D eigenvalue weighted by atomic mass is 32.2. The highest BCUT2D eigenvalue weighted by Gasteiger charge is 2.45. The average molecular weight is 448 g/mol. The predicted molar refractivity (Wildman–Crippen MR) is 121 cm³/mol. The zero-order valence-corrected chi connectivity index (χ0v) is 20.2. The van der Waals surface area contributed by atoms with Gasteiger partial charge in [0.05, 0.1) is 12.0 Å². The quantitative estimate of drug-likeness (QED) is 0.578. The average Bonchev–Trinajstić information content (AvgIpc) is 2.66. The molecule has 0 aliphatic rings. The number of esters is 1. The van der Waals surface area contributed by atoms with Gasteiger partial charge in [0.25, 0.3) is 0 Å². The Hall–Kier alpha value is -2.38. The molecule has 7 heteroatoms. The van der Waals surface area contributed by atoms with Crippen LogP contribution in [0.4, 0.5) is 0 Å². The second-order valence-corrected chi connectivity index (χ2v) is 11.4. The van der Waals surface area contributed by atoms with Gasteiger partial charge in [0.2, 0.25) is 10.0 Å². The predicted octanol–water partition coefficient (Wildman–Crippen LogP) is 4.64. The molecular formula is C24H33NO5S. The summed E-state index contributed by atoms with van der Waals surface area (Å²) in [5, 5.41) is 0. The van der Waals surface area contributed by atoms with Crippen LogP contribution in [0.15, 0.2) is 59.5 Å². The van der Waals surface area contributed by atoms with E-state index in [1.54, 1.807) is 32.9 Å². The van der Waals surface area contributed by atoms with Gasteiger partial charge in [0.15, 0.2) is 0 Å². The summed E-state index contributed by atoms with van der Waals surface area (Å²) >= 11 is 0. The van der Waals surface area contributed by atoms with E-state index in [0.29, 0.717) is 5.75 Å². The number of rotatable bonds is 7. The summed E-state index contributed by atoms with van der Waals surface area (Å²) in [6.45, 7) is 10.9. The normalized spacial score (nSPS) is 13.7. The first kappa shape index (κ1) is 24.9. The lowest BCUT2D eigenvalue weighted by molar-refractivity contribution is -0.163. The zero-order chi connectivity index (χ0) is 23.4. The first-order valence-corrected chi connectivity index (χ1v) is 11.6. The van der Waals surface area contributed by atoms with E-state index in [0.717, 1.165) is 5.56 Å². The standard InChI is InChI=1S/C24H33NO5S/c1-23(2,3)21(22(26)30-24(4,5)6)25(17-18-11-9-8-10-12-18)31(27,28)20-15-13-19(29-7)14-16-20/h8-16,21H,17H2,1-7H3. The molecule has 0 N–H and O–H groups in total. The minimum atomic E-state index is -4.03. The maximum absolute atomic E-state index is 13.8. The Morgan fingerprint density at radius 2 is 1.48 bits per heavy atom. The van der Waals surface area contributed by atoms with Crippen molar-refractivity contribution in [2.75, 3.05) is 7.11 Å². The van der Waals surface area contributed by atoms with Crippen LogP contribution in [0.3, 0.4) is 0 Å². The number of methoxy groups -OCH3 is 1. The molecule has 0 radical (unpaired) electrons. The van der Waals surface area contributed by atoms with Crippen molar-refractivity contribution >= 4 is 16.0 Å². The summed E-state index contributed by atoms with van der Waals surface area (Å²) in [7, 11) is -2.51. The summed E-state index contributed by atoms with van der Waals surface area (Å²) in [5.41, 5.74) is -0.683. The van der Waals surface area contributed by atoms with Gasteiger partial charge in [-0.15, -0.1) is 0 Å². The van der Waals surface area contributed by atoms with Gasteiger partial charge in [0, 0.05) is 6.54 Å². The van der Waals surface area contributed by atoms with Crippen molar-refractivity contribution in [3.63, 3.8) is 0 Å². The molecule has 1 unspecified atom stereocenters. The molecule has 0 bridgehead atoms. The first-order valence-electron chi connectivity index (χ1n) is 10.2. The minimum absolute atomic E-state index is 0.0381. The Morgan fingerprint density at radius 3 is 1.94 bits per heavy atom. The summed E-state index contributed by atoms with van der Waals surface area (Å²) in [6, 6.07) is 14.3. The molecule has 0 aliphatic heterocycles. The van der Waals surface area contributed by atoms with E-state index in [1.807, 2.05) is 51.1 Å². The SMILES string of the molecule is COc1ccc(S(=O)(=O)N(Cc2ccccc2)C(C(=O)OC(C)(C)C)C(C)(C)C)cc1. The van der Waals surface area contributed by atoms with Crippen molar-refractivity contribution < 1.29 is 22.7 Å². The summed E-state index contributed by atoms with van der Waals surface area (Å²) in [4.78, 5) is 13.4. The van der Waals surface area contributed by atoms with Crippen LogP contribution in [0.5, 0.6) is 5.75 Å². The minimum Gasteiger partial charge on any atom is -0.497 e. The molecule has 6 nitrogen and oxygen atoms in total. The van der Waals surface area contributed by atoms with E-state index in [-0.39, 0.29) is 11.4 Å². The molecule has 1 atom stereocenters. The maximum Gasteiger partial charge on any atom is 0.325 e. The highest BCUT2D eigenvalue weighted by molar-refractivity contribution is 7.89. The van der Waals surface area contributed by atoms with Gasteiger partial charge in [-0.2, -0.15) is 4.31 Å². The molecule has 0 spiro atoms. The van der Waals surface area contributed by atoms with Crippen molar-refractivity contribution in [2.45, 2.75) is 64.6 Å². The second kappa shape index (κ2) is 9.40. The van der Waals surface area contributed by atoms with Crippen molar-refractivity contribution in [3.05, 3.63) is 60.2 Å². The number of ether oxygens (including phenoxy) is 2. The molecule has 170 valence electrons. The van der Waals surface area contributed by atoms with Gasteiger partial charge < -0.3 is 9.47 Å². The van der Waals surface area contributed by atoms with E-state index in [1.165, 1.54) is 23.5 Å². The molecule has 0 saturated carbocycles. The lowest BCUT2D eigenvalue weighted by Gasteiger charge is -2.39. The van der Waals surface area contributed by atoms with Crippen molar-refractivity contribution in [3.8, 4) is 5.75 Å². The third-order valence-electron chi connectivity index (χ3n) is 4.59. The van der Waals surface area contributed by atoms with Crippen LogP contribution in [0.2, 0.25) is 0 Å². The lowest BCUT2D eigenvalue weighted by atomic mass is 9.86. The molecular weight excluding hydrogens is 414 g/mol. The number of benzene rings is 2. The number of hydrogen-bond acceptors (Lipinski definition) is 5. The van der Waals surface area contributed by atoms with Crippen molar-refractivity contribution in [1.82, 2.24) is 4.31 Å². The van der Waals surface area contributed by atoms with Crippen LogP contribution in [-0.4, -0.2) is 37.4 Å². The van der Waals surface area contributed by atoms with Crippen LogP contribution in [0, 0.1) is 5.41 Å². The Bertz CT molecular complexity index is 971. The van der Waals surface area contributed by atoms with Crippen LogP contribution in [0.25, 0.3) is 0 Å². The Balaban J connectivity index is 2.62. The smallest absolute Gasteiger partial charge is 0.325 e. The molecule has 0 aliphatic carbocycles. The third kappa shape index (κ3) is 6.55. The van der Waals surface area contributed by atoms with Crippen molar-refractivity contribution in [2.24, 2.45) is 5.41 Å². The number of sulfonamides is 1. The fraction of sp³-hybridized carbons (Fsp3) is 0.458. The number of carbonyl (C=O) groups excluding carboxylic acids is 1. The Labute approximate surface area is 186 Å². The Morgan fingerprint density at radius 1 is 0.935 bits per heavy atom. The summed E-state index contributed by atoms with van der Waals surface area (Å²) in [6.07, 6.45) is 0. The first-order chi connectivity index (χ1) is 14.3. The fourth-order valence-corrected chi connectivity index (χ4v) is 4.97. The van der Waals surface area contributed by atoms with E-state index in [4.69, 9.17) is 9.47 Å². The molecule has 0 fully saturated rings. The molecule has 0 heterocycles. The molecule has 0 amide bonds. The third-order valence-corrected chi connectivity index (χ3v) is 6.41. The number of hydrogen-bond donors (Lipinski definition) is 0. The lowest BCUT2D eigenvalue weighted by Crippen LogP contribution is -2.53. The number of carbonyl (C=O) groups is 1. The van der Waals surface area contributed by atoms with Gasteiger partial charge >= 0.3 is 5.97 Å². The second-order valence-electron chi connectivity index (χ2n) is 9.51. The van der Waals surface area contributed by atoms with Crippen molar-refractivity contribution in [1.29, 1.82) is 0 Å². The summed E-state index contributed by atoms with van der Waals surface area (Å²) in [5.74, 6) is -0.0268. The van der Waals surface area contributed by atoms with Gasteiger partial charge in [-0.25, -0.2) is 8.42 Å². The van der Waals surface area contributed by atoms with E-state index < -0.39 is 33.1 Å². The van der Waals surface area contributed by atoms with Gasteiger partial charge in [-0.05, 0) is 56.0 Å². The molecule has 2 aromatic carbocycles. The Kier molecular flexibility index (Phi) is 7.55. The molecule has 31 heavy (non-hydrogen) atoms. The maximum atomic E-state index is 13.8. The van der Waals surface area contributed by atoms with E-state index in [2.05, 4.69) is 0 Å². The highest BCUT2D eigenvalue weighted by Crippen LogP contribution is 2.33. The fourth-order valence-electron chi connectivity index (χ4n) is 3.22. The monoisotopic (exact) mass is 447 g/mol. The van der Waals surface area contributed by atoms with Crippen LogP contribution in [0.1, 0.15) is 47.1 Å². The molecule has 2 rings (SSSR count). The van der Waals surface area contributed by atoms with E-state index in [9.17, 15) is 13.2 Å². The van der Waals surface area contributed by atoms with Gasteiger partial charge in [-0.1, -0.05) is 51.1 Å². The van der Waals surface area contributed by atoms with Crippen LogP contribution in [-0.2, 0) is 26.1 Å². The van der Waals surface area contributed by atoms with Crippen LogP contribution >= 0.6 is 0 Å². The largest absolute Gasteiger partial charge is 0.497 e.